The Balaban J connectivity index is 2.35. The molecule has 1 N–H and O–H groups in total. The normalized spacial score (nSPS) is 11.3. The van der Waals surface area contributed by atoms with E-state index in [4.69, 9.17) is 0 Å². The molecule has 0 saturated carbocycles. The fourth-order valence-corrected chi connectivity index (χ4v) is 1.38. The molecule has 0 amide bonds. The lowest BCUT2D eigenvalue weighted by atomic mass is 10.1. The standard InChI is InChI=1S/C11H7F4N3/c12-9-5-10(17-6-16-9)18-8-4-2-1-3-7(8)11(13,14)15/h1-6H,(H,16,17,18). The van der Waals surface area contributed by atoms with Crippen molar-refractivity contribution in [2.75, 3.05) is 5.32 Å². The van der Waals surface area contributed by atoms with Crippen LogP contribution in [0.15, 0.2) is 36.7 Å². The maximum absolute atomic E-state index is 12.8. The highest BCUT2D eigenvalue weighted by Gasteiger charge is 2.33. The van der Waals surface area contributed by atoms with E-state index in [0.717, 1.165) is 18.5 Å². The van der Waals surface area contributed by atoms with E-state index in [9.17, 15) is 17.6 Å². The van der Waals surface area contributed by atoms with Gasteiger partial charge in [-0.15, -0.1) is 0 Å². The van der Waals surface area contributed by atoms with Gasteiger partial charge in [0.25, 0.3) is 0 Å². The molecule has 0 radical (unpaired) electrons. The molecule has 7 heteroatoms. The van der Waals surface area contributed by atoms with E-state index in [1.165, 1.54) is 18.2 Å². The van der Waals surface area contributed by atoms with Gasteiger partial charge in [-0.05, 0) is 12.1 Å². The minimum absolute atomic E-state index is 0.0424. The van der Waals surface area contributed by atoms with Gasteiger partial charge in [0, 0.05) is 6.07 Å². The van der Waals surface area contributed by atoms with E-state index >= 15 is 0 Å². The van der Waals surface area contributed by atoms with Crippen molar-refractivity contribution in [3.05, 3.63) is 48.2 Å². The first kappa shape index (κ1) is 12.3. The average molecular weight is 257 g/mol. The molecular weight excluding hydrogens is 250 g/mol. The molecule has 1 heterocycles. The largest absolute Gasteiger partial charge is 0.418 e. The predicted molar refractivity (Wildman–Crippen MR) is 56.7 cm³/mol. The van der Waals surface area contributed by atoms with Gasteiger partial charge < -0.3 is 5.32 Å². The highest BCUT2D eigenvalue weighted by molar-refractivity contribution is 5.61. The molecule has 0 atom stereocenters. The quantitative estimate of drug-likeness (QED) is 0.662. The second-order valence-corrected chi connectivity index (χ2v) is 3.39. The number of nitrogens with zero attached hydrogens (tertiary/aromatic N) is 2. The van der Waals surface area contributed by atoms with E-state index in [1.807, 2.05) is 0 Å². The summed E-state index contributed by atoms with van der Waals surface area (Å²) in [7, 11) is 0. The second-order valence-electron chi connectivity index (χ2n) is 3.39. The zero-order valence-corrected chi connectivity index (χ0v) is 8.87. The summed E-state index contributed by atoms with van der Waals surface area (Å²) < 4.78 is 50.8. The van der Waals surface area contributed by atoms with Gasteiger partial charge in [0.1, 0.15) is 12.1 Å². The number of hydrogen-bond acceptors (Lipinski definition) is 3. The number of anilines is 2. The lowest BCUT2D eigenvalue weighted by Crippen LogP contribution is -2.09. The van der Waals surface area contributed by atoms with E-state index < -0.39 is 17.7 Å². The Morgan fingerprint density at radius 3 is 2.44 bits per heavy atom. The number of halogens is 4. The van der Waals surface area contributed by atoms with Crippen molar-refractivity contribution in [3.8, 4) is 0 Å². The second kappa shape index (κ2) is 4.59. The highest BCUT2D eigenvalue weighted by atomic mass is 19.4. The topological polar surface area (TPSA) is 37.8 Å². The van der Waals surface area contributed by atoms with Gasteiger partial charge in [0.15, 0.2) is 0 Å². The zero-order chi connectivity index (χ0) is 13.2. The first-order valence-electron chi connectivity index (χ1n) is 4.87. The summed E-state index contributed by atoms with van der Waals surface area (Å²) in [4.78, 5) is 6.84. The number of para-hydroxylation sites is 1. The van der Waals surface area contributed by atoms with Crippen molar-refractivity contribution >= 4 is 11.5 Å². The van der Waals surface area contributed by atoms with Crippen LogP contribution >= 0.6 is 0 Å². The van der Waals surface area contributed by atoms with Crippen LogP contribution < -0.4 is 5.32 Å². The lowest BCUT2D eigenvalue weighted by molar-refractivity contribution is -0.136. The van der Waals surface area contributed by atoms with Crippen LogP contribution in [0.1, 0.15) is 5.56 Å². The molecule has 0 fully saturated rings. The number of nitrogens with one attached hydrogen (secondary N) is 1. The first-order valence-corrected chi connectivity index (χ1v) is 4.87. The van der Waals surface area contributed by atoms with Crippen molar-refractivity contribution < 1.29 is 17.6 Å². The van der Waals surface area contributed by atoms with Crippen molar-refractivity contribution in [1.29, 1.82) is 0 Å². The average Bonchev–Trinajstić information content (AvgIpc) is 2.28. The SMILES string of the molecule is Fc1cc(Nc2ccccc2C(F)(F)F)ncn1. The lowest BCUT2D eigenvalue weighted by Gasteiger charge is -2.13. The summed E-state index contributed by atoms with van der Waals surface area (Å²) in [6.07, 6.45) is -3.57. The third-order valence-corrected chi connectivity index (χ3v) is 2.13. The molecule has 0 unspecified atom stereocenters. The molecule has 0 aliphatic rings. The number of rotatable bonds is 2. The third kappa shape index (κ3) is 2.73. The summed E-state index contributed by atoms with van der Waals surface area (Å²) in [5.74, 6) is -0.865. The van der Waals surface area contributed by atoms with E-state index in [1.54, 1.807) is 0 Å². The first-order chi connectivity index (χ1) is 8.47. The fourth-order valence-electron chi connectivity index (χ4n) is 1.38. The Hall–Kier alpha value is -2.18. The van der Waals surface area contributed by atoms with Crippen molar-refractivity contribution in [2.45, 2.75) is 6.18 Å². The Morgan fingerprint density at radius 1 is 1.06 bits per heavy atom. The molecule has 3 nitrogen and oxygen atoms in total. The van der Waals surface area contributed by atoms with Crippen LogP contribution in [0.3, 0.4) is 0 Å². The predicted octanol–water partition coefficient (Wildman–Crippen LogP) is 3.38. The van der Waals surface area contributed by atoms with Crippen LogP contribution in [0.2, 0.25) is 0 Å². The third-order valence-electron chi connectivity index (χ3n) is 2.13. The monoisotopic (exact) mass is 257 g/mol. The number of hydrogen-bond donors (Lipinski definition) is 1. The Kier molecular flexibility index (Phi) is 3.14. The van der Waals surface area contributed by atoms with Gasteiger partial charge in [-0.25, -0.2) is 9.97 Å². The fraction of sp³-hybridized carbons (Fsp3) is 0.0909. The van der Waals surface area contributed by atoms with Gasteiger partial charge in [0.2, 0.25) is 5.95 Å². The van der Waals surface area contributed by atoms with Crippen molar-refractivity contribution in [2.24, 2.45) is 0 Å². The Morgan fingerprint density at radius 2 is 1.78 bits per heavy atom. The van der Waals surface area contributed by atoms with Gasteiger partial charge in [-0.1, -0.05) is 12.1 Å². The molecule has 2 aromatic rings. The number of benzene rings is 1. The molecule has 2 rings (SSSR count). The molecule has 0 saturated heterocycles. The molecule has 18 heavy (non-hydrogen) atoms. The van der Waals surface area contributed by atoms with Crippen LogP contribution in [0.5, 0.6) is 0 Å². The summed E-state index contributed by atoms with van der Waals surface area (Å²) >= 11 is 0. The number of aromatic nitrogens is 2. The molecule has 0 spiro atoms. The number of alkyl halides is 3. The van der Waals surface area contributed by atoms with Crippen LogP contribution in [0.25, 0.3) is 0 Å². The van der Waals surface area contributed by atoms with E-state index in [0.29, 0.717) is 0 Å². The van der Waals surface area contributed by atoms with Gasteiger partial charge in [0.05, 0.1) is 11.3 Å². The van der Waals surface area contributed by atoms with Crippen molar-refractivity contribution in [1.82, 2.24) is 9.97 Å². The van der Waals surface area contributed by atoms with Crippen LogP contribution in [0, 0.1) is 5.95 Å². The van der Waals surface area contributed by atoms with Gasteiger partial charge in [-0.3, -0.25) is 0 Å². The van der Waals surface area contributed by atoms with E-state index in [-0.39, 0.29) is 11.5 Å². The van der Waals surface area contributed by atoms with Crippen LogP contribution in [-0.2, 0) is 6.18 Å². The molecule has 1 aromatic carbocycles. The van der Waals surface area contributed by atoms with Gasteiger partial charge in [-0.2, -0.15) is 17.6 Å². The Bertz CT molecular complexity index is 554. The molecule has 1 aromatic heterocycles. The summed E-state index contributed by atoms with van der Waals surface area (Å²) in [6, 6.07) is 5.79. The van der Waals surface area contributed by atoms with Gasteiger partial charge >= 0.3 is 6.18 Å². The molecule has 0 bridgehead atoms. The molecule has 0 aliphatic heterocycles. The molecular formula is C11H7F4N3. The minimum atomic E-state index is -4.49. The Labute approximate surface area is 99.5 Å². The highest BCUT2D eigenvalue weighted by Crippen LogP contribution is 2.35. The summed E-state index contributed by atoms with van der Waals surface area (Å²) in [5, 5.41) is 2.41. The molecule has 94 valence electrons. The minimum Gasteiger partial charge on any atom is -0.340 e. The van der Waals surface area contributed by atoms with Crippen LogP contribution in [0.4, 0.5) is 29.1 Å². The van der Waals surface area contributed by atoms with E-state index in [2.05, 4.69) is 15.3 Å². The maximum atomic E-state index is 12.8. The zero-order valence-electron chi connectivity index (χ0n) is 8.87. The summed E-state index contributed by atoms with van der Waals surface area (Å²) in [5.41, 5.74) is -1.04. The van der Waals surface area contributed by atoms with Crippen molar-refractivity contribution in [3.63, 3.8) is 0 Å². The molecule has 0 aliphatic carbocycles. The smallest absolute Gasteiger partial charge is 0.340 e. The maximum Gasteiger partial charge on any atom is 0.418 e. The van der Waals surface area contributed by atoms with Crippen LogP contribution in [-0.4, -0.2) is 9.97 Å². The summed E-state index contributed by atoms with van der Waals surface area (Å²) in [6.45, 7) is 0.